The molecule has 4 rings (SSSR count). The smallest absolute Gasteiger partial charge is 0.281 e. The Labute approximate surface area is 171 Å². The highest BCUT2D eigenvalue weighted by molar-refractivity contribution is 7.10. The van der Waals surface area contributed by atoms with Gasteiger partial charge in [-0.05, 0) is 41.3 Å². The number of nitrogens with zero attached hydrogens (tertiary/aromatic N) is 2. The van der Waals surface area contributed by atoms with E-state index in [1.165, 1.54) is 17.1 Å². The molecule has 7 heteroatoms. The van der Waals surface area contributed by atoms with Gasteiger partial charge in [-0.2, -0.15) is 5.10 Å². The molecule has 1 unspecified atom stereocenters. The van der Waals surface area contributed by atoms with Crippen molar-refractivity contribution in [3.8, 4) is 5.75 Å². The number of aldehydes is 1. The number of thiophene rings is 1. The van der Waals surface area contributed by atoms with Crippen LogP contribution in [0.25, 0.3) is 0 Å². The third-order valence-corrected chi connectivity index (χ3v) is 5.54. The minimum absolute atomic E-state index is 0.204. The van der Waals surface area contributed by atoms with Crippen LogP contribution in [0.5, 0.6) is 5.75 Å². The fourth-order valence-electron chi connectivity index (χ4n) is 3.15. The van der Waals surface area contributed by atoms with Crippen LogP contribution in [0, 0.1) is 5.82 Å². The van der Waals surface area contributed by atoms with E-state index in [4.69, 9.17) is 4.74 Å². The molecule has 1 aliphatic heterocycles. The van der Waals surface area contributed by atoms with Crippen LogP contribution in [-0.2, 0) is 4.79 Å². The number of ether oxygens (including phenoxy) is 1. The van der Waals surface area contributed by atoms with Crippen molar-refractivity contribution in [2.24, 2.45) is 5.10 Å². The van der Waals surface area contributed by atoms with E-state index in [2.05, 4.69) is 5.10 Å². The molecule has 0 radical (unpaired) electrons. The molecule has 1 amide bonds. The summed E-state index contributed by atoms with van der Waals surface area (Å²) in [7, 11) is 0. The fraction of sp³-hybridized carbons (Fsp3) is 0.136. The predicted molar refractivity (Wildman–Crippen MR) is 109 cm³/mol. The Morgan fingerprint density at radius 3 is 2.76 bits per heavy atom. The molecule has 2 aromatic carbocycles. The number of rotatable bonds is 6. The first-order chi connectivity index (χ1) is 14.1. The third kappa shape index (κ3) is 4.25. The number of hydrogen-bond acceptors (Lipinski definition) is 5. The zero-order valence-electron chi connectivity index (χ0n) is 15.3. The summed E-state index contributed by atoms with van der Waals surface area (Å²) in [6, 6.07) is 16.4. The molecule has 1 aliphatic rings. The van der Waals surface area contributed by atoms with Gasteiger partial charge >= 0.3 is 0 Å². The van der Waals surface area contributed by atoms with Gasteiger partial charge in [0.05, 0.1) is 11.8 Å². The van der Waals surface area contributed by atoms with Gasteiger partial charge in [-0.25, -0.2) is 9.40 Å². The lowest BCUT2D eigenvalue weighted by molar-refractivity contribution is -0.135. The SMILES string of the molecule is O=Cc1cccc(OCC(=O)N2N=C(c3ccc(F)cc3)CC2c2cccs2)c1. The lowest BCUT2D eigenvalue weighted by atomic mass is 10.0. The normalized spacial score (nSPS) is 15.8. The molecule has 1 aromatic heterocycles. The van der Waals surface area contributed by atoms with Crippen LogP contribution in [0.4, 0.5) is 4.39 Å². The Bertz CT molecular complexity index is 1050. The number of carbonyl (C=O) groups is 2. The van der Waals surface area contributed by atoms with Gasteiger partial charge in [-0.1, -0.05) is 30.3 Å². The largest absolute Gasteiger partial charge is 0.484 e. The number of benzene rings is 2. The van der Waals surface area contributed by atoms with Crippen LogP contribution in [0.3, 0.4) is 0 Å². The third-order valence-electron chi connectivity index (χ3n) is 4.57. The van der Waals surface area contributed by atoms with Crippen LogP contribution in [0.15, 0.2) is 71.1 Å². The van der Waals surface area contributed by atoms with Crippen molar-refractivity contribution >= 4 is 29.2 Å². The summed E-state index contributed by atoms with van der Waals surface area (Å²) < 4.78 is 18.8. The average molecular weight is 408 g/mol. The van der Waals surface area contributed by atoms with E-state index >= 15 is 0 Å². The van der Waals surface area contributed by atoms with Crippen molar-refractivity contribution in [2.75, 3.05) is 6.61 Å². The maximum absolute atomic E-state index is 13.3. The van der Waals surface area contributed by atoms with E-state index in [0.29, 0.717) is 17.7 Å². The molecule has 29 heavy (non-hydrogen) atoms. The van der Waals surface area contributed by atoms with Gasteiger partial charge in [0.25, 0.3) is 5.91 Å². The predicted octanol–water partition coefficient (Wildman–Crippen LogP) is 4.46. The fourth-order valence-corrected chi connectivity index (χ4v) is 3.96. The molecule has 0 fully saturated rings. The van der Waals surface area contributed by atoms with Crippen molar-refractivity contribution < 1.29 is 18.7 Å². The molecule has 0 spiro atoms. The second-order valence-corrected chi connectivity index (χ2v) is 7.49. The minimum Gasteiger partial charge on any atom is -0.484 e. The summed E-state index contributed by atoms with van der Waals surface area (Å²) in [6.07, 6.45) is 1.26. The summed E-state index contributed by atoms with van der Waals surface area (Å²) >= 11 is 1.55. The lowest BCUT2D eigenvalue weighted by Crippen LogP contribution is -2.31. The van der Waals surface area contributed by atoms with Gasteiger partial charge in [0.15, 0.2) is 6.61 Å². The molecule has 0 saturated heterocycles. The summed E-state index contributed by atoms with van der Waals surface area (Å²) in [5.74, 6) is -0.171. The molecular weight excluding hydrogens is 391 g/mol. The van der Waals surface area contributed by atoms with Crippen molar-refractivity contribution in [2.45, 2.75) is 12.5 Å². The molecule has 3 aromatic rings. The van der Waals surface area contributed by atoms with E-state index in [0.717, 1.165) is 22.4 Å². The summed E-state index contributed by atoms with van der Waals surface area (Å²) in [5.41, 5.74) is 1.98. The van der Waals surface area contributed by atoms with Crippen LogP contribution in [-0.4, -0.2) is 29.5 Å². The van der Waals surface area contributed by atoms with Crippen molar-refractivity contribution in [3.63, 3.8) is 0 Å². The monoisotopic (exact) mass is 408 g/mol. The number of hydrogen-bond donors (Lipinski definition) is 0. The molecule has 5 nitrogen and oxygen atoms in total. The van der Waals surface area contributed by atoms with Gasteiger partial charge in [-0.3, -0.25) is 9.59 Å². The molecule has 0 aliphatic carbocycles. The second-order valence-electron chi connectivity index (χ2n) is 6.51. The van der Waals surface area contributed by atoms with Crippen LogP contribution in [0.1, 0.15) is 33.3 Å². The van der Waals surface area contributed by atoms with E-state index in [1.54, 1.807) is 47.7 Å². The second kappa shape index (κ2) is 8.36. The highest BCUT2D eigenvalue weighted by atomic mass is 32.1. The Morgan fingerprint density at radius 1 is 1.21 bits per heavy atom. The van der Waals surface area contributed by atoms with Gasteiger partial charge < -0.3 is 4.74 Å². The molecule has 2 heterocycles. The molecule has 0 saturated carbocycles. The molecule has 1 atom stereocenters. The average Bonchev–Trinajstić information content (AvgIpc) is 3.42. The molecule has 146 valence electrons. The van der Waals surface area contributed by atoms with Gasteiger partial charge in [0.1, 0.15) is 17.9 Å². The van der Waals surface area contributed by atoms with Gasteiger partial charge in [0, 0.05) is 16.9 Å². The standard InChI is InChI=1S/C22H17FN2O3S/c23-17-8-6-16(7-9-17)19-12-20(21-5-2-10-29-21)25(24-19)22(27)14-28-18-4-1-3-15(11-18)13-26/h1-11,13,20H,12,14H2. The van der Waals surface area contributed by atoms with E-state index < -0.39 is 0 Å². The quantitative estimate of drug-likeness (QED) is 0.566. The molecular formula is C22H17FN2O3S. The first kappa shape index (κ1) is 19.0. The number of halogens is 1. The molecule has 0 N–H and O–H groups in total. The zero-order valence-corrected chi connectivity index (χ0v) is 16.1. The zero-order chi connectivity index (χ0) is 20.2. The molecule has 0 bridgehead atoms. The highest BCUT2D eigenvalue weighted by Crippen LogP contribution is 2.35. The van der Waals surface area contributed by atoms with Gasteiger partial charge in [-0.15, -0.1) is 11.3 Å². The van der Waals surface area contributed by atoms with E-state index in [9.17, 15) is 14.0 Å². The Hall–Kier alpha value is -3.32. The summed E-state index contributed by atoms with van der Waals surface area (Å²) in [4.78, 5) is 24.8. The topological polar surface area (TPSA) is 59.0 Å². The van der Waals surface area contributed by atoms with Crippen molar-refractivity contribution in [1.29, 1.82) is 0 Å². The first-order valence-electron chi connectivity index (χ1n) is 9.01. The van der Waals surface area contributed by atoms with Crippen LogP contribution in [0.2, 0.25) is 0 Å². The number of hydrazone groups is 1. The Balaban J connectivity index is 1.54. The summed E-state index contributed by atoms with van der Waals surface area (Å²) in [6.45, 7) is -0.204. The highest BCUT2D eigenvalue weighted by Gasteiger charge is 2.33. The van der Waals surface area contributed by atoms with Crippen LogP contribution < -0.4 is 4.74 Å². The van der Waals surface area contributed by atoms with Crippen LogP contribution >= 0.6 is 11.3 Å². The minimum atomic E-state index is -0.318. The maximum Gasteiger partial charge on any atom is 0.281 e. The van der Waals surface area contributed by atoms with E-state index in [1.807, 2.05) is 17.5 Å². The number of carbonyl (C=O) groups excluding carboxylic acids is 2. The first-order valence-corrected chi connectivity index (χ1v) is 9.89. The lowest BCUT2D eigenvalue weighted by Gasteiger charge is -2.20. The van der Waals surface area contributed by atoms with E-state index in [-0.39, 0.29) is 24.4 Å². The Kier molecular flexibility index (Phi) is 5.48. The Morgan fingerprint density at radius 2 is 2.03 bits per heavy atom. The van der Waals surface area contributed by atoms with Crippen molar-refractivity contribution in [1.82, 2.24) is 5.01 Å². The number of amides is 1. The summed E-state index contributed by atoms with van der Waals surface area (Å²) in [5, 5.41) is 7.91. The maximum atomic E-state index is 13.3. The van der Waals surface area contributed by atoms with Crippen molar-refractivity contribution in [3.05, 3.63) is 87.9 Å². The van der Waals surface area contributed by atoms with Gasteiger partial charge in [0.2, 0.25) is 0 Å².